The summed E-state index contributed by atoms with van der Waals surface area (Å²) in [4.78, 5) is 12.1. The number of amides is 1. The fraction of sp³-hybridized carbons (Fsp3) is 0.421. The monoisotopic (exact) mass is 621 g/mol. The van der Waals surface area contributed by atoms with Gasteiger partial charge in [0.25, 0.3) is 5.91 Å². The Morgan fingerprint density at radius 3 is 1.55 bits per heavy atom. The molecule has 2 aromatic carbocycles. The van der Waals surface area contributed by atoms with Crippen LogP contribution in [0, 0.1) is 0 Å². The number of hydrogen-bond acceptors (Lipinski definition) is 3. The smallest absolute Gasteiger partial charge is 0.320 e. The lowest BCUT2D eigenvalue weighted by molar-refractivity contribution is -0.546. The van der Waals surface area contributed by atoms with Crippen molar-refractivity contribution in [2.24, 2.45) is 0 Å². The molecule has 0 spiro atoms. The first-order valence-electron chi connectivity index (χ1n) is 9.55. The lowest BCUT2D eigenvalue weighted by atomic mass is 10.1. The second-order valence-electron chi connectivity index (χ2n) is 7.48. The van der Waals surface area contributed by atoms with Gasteiger partial charge in [0, 0.05) is 11.1 Å². The molecule has 4 nitrogen and oxygen atoms in total. The Morgan fingerprint density at radius 2 is 1.07 bits per heavy atom. The van der Waals surface area contributed by atoms with Crippen LogP contribution in [0.5, 0.6) is 0 Å². The Hall–Kier alpha value is -3.10. The van der Waals surface area contributed by atoms with Crippen molar-refractivity contribution in [2.45, 2.75) is 48.4 Å². The Kier molecular flexibility index (Phi) is 8.09. The van der Waals surface area contributed by atoms with Gasteiger partial charge in [0.1, 0.15) is 0 Å². The number of carbonyl (C=O) groups excluding carboxylic acids is 1. The van der Waals surface area contributed by atoms with Gasteiger partial charge >= 0.3 is 48.4 Å². The number of anilines is 1. The maximum absolute atomic E-state index is 14.8. The van der Waals surface area contributed by atoms with Crippen molar-refractivity contribution in [3.63, 3.8) is 0 Å². The average Bonchev–Trinajstić information content (AvgIpc) is 2.76. The highest BCUT2D eigenvalue weighted by Gasteiger charge is 2.85. The van der Waals surface area contributed by atoms with E-state index in [-0.39, 0.29) is 10.8 Å². The molecule has 1 amide bonds. The molecule has 0 aromatic heterocycles. The van der Waals surface area contributed by atoms with Crippen LogP contribution in [0.2, 0.25) is 0 Å². The highest BCUT2D eigenvalue weighted by molar-refractivity contribution is 6.04. The number of ether oxygens (including phenoxy) is 2. The van der Waals surface area contributed by atoms with Crippen LogP contribution in [0.4, 0.5) is 80.3 Å². The molecular weight excluding hydrogens is 613 g/mol. The zero-order valence-electron chi connectivity index (χ0n) is 18.2. The molecule has 0 saturated heterocycles. The summed E-state index contributed by atoms with van der Waals surface area (Å²) in [6.45, 7) is 0. The zero-order valence-corrected chi connectivity index (χ0v) is 18.2. The molecule has 1 N–H and O–H groups in total. The predicted octanol–water partition coefficient (Wildman–Crippen LogP) is 7.65. The first-order chi connectivity index (χ1) is 17.6. The van der Waals surface area contributed by atoms with Gasteiger partial charge in [0.15, 0.2) is 0 Å². The highest BCUT2D eigenvalue weighted by atomic mass is 19.4. The summed E-state index contributed by atoms with van der Waals surface area (Å²) in [5.74, 6) is -26.3. The molecule has 0 aliphatic carbocycles. The largest absolute Gasteiger partial charge is 0.462 e. The minimum absolute atomic E-state index is 0.0561. The molecular formula is C19H8F17NO3. The maximum Gasteiger partial charge on any atom is 0.462 e. The van der Waals surface area contributed by atoms with E-state index in [1.165, 1.54) is 22.9 Å². The first kappa shape index (κ1) is 33.1. The van der Waals surface area contributed by atoms with Crippen LogP contribution in [0.3, 0.4) is 0 Å². The van der Waals surface area contributed by atoms with Gasteiger partial charge in [-0.1, -0.05) is 36.4 Å². The molecule has 2 unspecified atom stereocenters. The summed E-state index contributed by atoms with van der Waals surface area (Å²) < 4.78 is 229. The fourth-order valence-electron chi connectivity index (χ4n) is 2.70. The van der Waals surface area contributed by atoms with Gasteiger partial charge < -0.3 is 5.32 Å². The van der Waals surface area contributed by atoms with Crippen molar-refractivity contribution in [1.82, 2.24) is 0 Å². The van der Waals surface area contributed by atoms with E-state index < -0.39 is 60.0 Å². The Morgan fingerprint density at radius 1 is 0.575 bits per heavy atom. The first-order valence-corrected chi connectivity index (χ1v) is 9.55. The van der Waals surface area contributed by atoms with Crippen LogP contribution in [0.25, 0.3) is 10.8 Å². The summed E-state index contributed by atoms with van der Waals surface area (Å²) in [6.07, 6.45) is -38.6. The standard InChI is InChI=1S/C19H8F17NO3/c20-12(15(24,25)26,11(38)37-10-7-3-5-8-4-1-2-6-9(8)10)39-14(23,17(30,31)32)19(35,36)40-18(33,34)13(21,22)16(27,28)29/h1-7H,(H,37,38). The second-order valence-corrected chi connectivity index (χ2v) is 7.48. The van der Waals surface area contributed by atoms with E-state index in [0.717, 1.165) is 23.5 Å². The van der Waals surface area contributed by atoms with E-state index in [9.17, 15) is 79.4 Å². The van der Waals surface area contributed by atoms with Gasteiger partial charge in [-0.25, -0.2) is 4.74 Å². The number of hydrogen-bond donors (Lipinski definition) is 1. The van der Waals surface area contributed by atoms with E-state index in [1.807, 2.05) is 0 Å². The summed E-state index contributed by atoms with van der Waals surface area (Å²) in [5.41, 5.74) is -0.895. The predicted molar refractivity (Wildman–Crippen MR) is 95.4 cm³/mol. The molecule has 0 fully saturated rings. The molecule has 0 bridgehead atoms. The van der Waals surface area contributed by atoms with E-state index in [1.54, 1.807) is 0 Å². The molecule has 2 atom stereocenters. The van der Waals surface area contributed by atoms with Crippen LogP contribution < -0.4 is 5.32 Å². The topological polar surface area (TPSA) is 47.6 Å². The van der Waals surface area contributed by atoms with Gasteiger partial charge in [-0.15, -0.1) is 0 Å². The van der Waals surface area contributed by atoms with Crippen molar-refractivity contribution in [1.29, 1.82) is 0 Å². The van der Waals surface area contributed by atoms with Crippen molar-refractivity contribution < 1.29 is 88.9 Å². The highest BCUT2D eigenvalue weighted by Crippen LogP contribution is 2.56. The number of carbonyl (C=O) groups is 1. The molecule has 0 heterocycles. The number of benzene rings is 2. The lowest BCUT2D eigenvalue weighted by Gasteiger charge is -2.40. The molecule has 0 aliphatic rings. The molecule has 0 saturated carbocycles. The van der Waals surface area contributed by atoms with Crippen molar-refractivity contribution in [3.05, 3.63) is 42.5 Å². The van der Waals surface area contributed by atoms with E-state index in [0.29, 0.717) is 6.07 Å². The molecule has 40 heavy (non-hydrogen) atoms. The summed E-state index contributed by atoms with van der Waals surface area (Å²) in [6, 6.07) is 7.55. The van der Waals surface area contributed by atoms with Gasteiger partial charge in [0.05, 0.1) is 0 Å². The third-order valence-electron chi connectivity index (χ3n) is 4.69. The van der Waals surface area contributed by atoms with Gasteiger partial charge in [-0.3, -0.25) is 9.53 Å². The van der Waals surface area contributed by atoms with Crippen LogP contribution in [-0.4, -0.2) is 54.3 Å². The molecule has 226 valence electrons. The minimum atomic E-state index is -8.02. The number of halogens is 17. The number of fused-ring (bicyclic) bond motifs is 1. The molecule has 0 aliphatic heterocycles. The fourth-order valence-corrected chi connectivity index (χ4v) is 2.70. The Labute approximate surface area is 208 Å². The van der Waals surface area contributed by atoms with Gasteiger partial charge in [-0.2, -0.15) is 74.6 Å². The average molecular weight is 621 g/mol. The molecule has 0 radical (unpaired) electrons. The quantitative estimate of drug-likeness (QED) is 0.308. The van der Waals surface area contributed by atoms with Crippen molar-refractivity contribution >= 4 is 22.4 Å². The zero-order chi connectivity index (χ0) is 31.4. The van der Waals surface area contributed by atoms with Crippen LogP contribution in [-0.2, 0) is 14.3 Å². The lowest BCUT2D eigenvalue weighted by Crippen LogP contribution is -2.68. The summed E-state index contributed by atoms with van der Waals surface area (Å²) >= 11 is 0. The Balaban J connectivity index is 2.63. The van der Waals surface area contributed by atoms with Gasteiger partial charge in [-0.05, 0) is 11.5 Å². The van der Waals surface area contributed by atoms with E-state index >= 15 is 0 Å². The van der Waals surface area contributed by atoms with Gasteiger partial charge in [0.2, 0.25) is 0 Å². The summed E-state index contributed by atoms with van der Waals surface area (Å²) in [7, 11) is 0. The van der Waals surface area contributed by atoms with Crippen LogP contribution >= 0.6 is 0 Å². The minimum Gasteiger partial charge on any atom is -0.320 e. The van der Waals surface area contributed by atoms with E-state index in [2.05, 4.69) is 4.74 Å². The molecule has 2 aromatic rings. The summed E-state index contributed by atoms with van der Waals surface area (Å²) in [5, 5.41) is 0.726. The molecule has 21 heteroatoms. The Bertz CT molecular complexity index is 1230. The van der Waals surface area contributed by atoms with Crippen molar-refractivity contribution in [2.75, 3.05) is 5.32 Å². The number of nitrogens with one attached hydrogen (secondary N) is 1. The third-order valence-corrected chi connectivity index (χ3v) is 4.69. The molecule has 2 rings (SSSR count). The maximum atomic E-state index is 14.8. The van der Waals surface area contributed by atoms with E-state index in [4.69, 9.17) is 0 Å². The normalized spacial score (nSPS) is 17.3. The number of alkyl halides is 17. The van der Waals surface area contributed by atoms with Crippen molar-refractivity contribution in [3.8, 4) is 0 Å². The van der Waals surface area contributed by atoms with Crippen LogP contribution in [0.15, 0.2) is 42.5 Å². The number of rotatable bonds is 8. The third kappa shape index (κ3) is 5.56. The van der Waals surface area contributed by atoms with Crippen LogP contribution in [0.1, 0.15) is 0 Å². The SMILES string of the molecule is O=C(Nc1cccc2ccccc12)C(F)(OC(F)(C(F)(F)F)C(F)(F)OC(F)(F)C(F)(F)C(F)(F)F)C(F)(F)F. The second kappa shape index (κ2) is 9.77.